The molecule has 0 fully saturated rings. The highest BCUT2D eigenvalue weighted by Gasteiger charge is 2.29. The Morgan fingerprint density at radius 1 is 1.09 bits per heavy atom. The number of unbranched alkanes of at least 4 members (excludes halogenated alkanes) is 1. The predicted molar refractivity (Wildman–Crippen MR) is 135 cm³/mol. The predicted octanol–water partition coefficient (Wildman–Crippen LogP) is 5.18. The molecule has 0 radical (unpaired) electrons. The van der Waals surface area contributed by atoms with Crippen LogP contribution in [0.1, 0.15) is 49.8 Å². The fourth-order valence-corrected chi connectivity index (χ4v) is 3.84. The zero-order chi connectivity index (χ0) is 24.4. The van der Waals surface area contributed by atoms with Crippen molar-refractivity contribution < 1.29 is 19.1 Å². The van der Waals surface area contributed by atoms with E-state index in [4.69, 9.17) is 9.47 Å². The second-order valence-corrected chi connectivity index (χ2v) is 8.89. The first-order valence-corrected chi connectivity index (χ1v) is 12.2. The van der Waals surface area contributed by atoms with Crippen LogP contribution < -0.4 is 14.8 Å². The monoisotopic (exact) mass is 518 g/mol. The Morgan fingerprint density at radius 3 is 2.39 bits per heavy atom. The van der Waals surface area contributed by atoms with Crippen LogP contribution in [0.4, 0.5) is 0 Å². The maximum absolute atomic E-state index is 13.3. The highest BCUT2D eigenvalue weighted by Crippen LogP contribution is 2.26. The van der Waals surface area contributed by atoms with Crippen molar-refractivity contribution in [2.24, 2.45) is 0 Å². The molecule has 2 aromatic rings. The molecule has 0 saturated heterocycles. The molecule has 1 atom stereocenters. The minimum atomic E-state index is -0.586. The summed E-state index contributed by atoms with van der Waals surface area (Å²) in [5.74, 6) is 0.951. The second kappa shape index (κ2) is 13.2. The zero-order valence-corrected chi connectivity index (χ0v) is 21.8. The van der Waals surface area contributed by atoms with Gasteiger partial charge in [-0.1, -0.05) is 48.3 Å². The van der Waals surface area contributed by atoms with Crippen molar-refractivity contribution in [3.63, 3.8) is 0 Å². The lowest BCUT2D eigenvalue weighted by atomic mass is 10.1. The summed E-state index contributed by atoms with van der Waals surface area (Å²) in [5, 5.41) is 2.97. The molecule has 0 heterocycles. The molecular weight excluding hydrogens is 484 g/mol. The number of carbonyl (C=O) groups is 2. The van der Waals surface area contributed by atoms with Crippen molar-refractivity contribution in [1.29, 1.82) is 0 Å². The first kappa shape index (κ1) is 26.7. The standard InChI is InChI=1S/C26H35BrN2O4/c1-6-8-12-28-26(31)23(7-2)29(16-20-10-9-11-21(15-20)32-5)24(30)17-33-22-13-18(3)25(27)19(4)14-22/h9-11,13-15,23H,6-8,12,16-17H2,1-5H3,(H,28,31)/t23-/m1/s1. The molecule has 6 nitrogen and oxygen atoms in total. The Balaban J connectivity index is 2.23. The number of nitrogens with one attached hydrogen (secondary N) is 1. The number of hydrogen-bond donors (Lipinski definition) is 1. The summed E-state index contributed by atoms with van der Waals surface area (Å²) < 4.78 is 12.2. The Bertz CT molecular complexity index is 925. The third kappa shape index (κ3) is 7.77. The van der Waals surface area contributed by atoms with Crippen molar-refractivity contribution in [3.8, 4) is 11.5 Å². The van der Waals surface area contributed by atoms with E-state index in [1.165, 1.54) is 0 Å². The van der Waals surface area contributed by atoms with Gasteiger partial charge in [0.05, 0.1) is 7.11 Å². The number of methoxy groups -OCH3 is 1. The smallest absolute Gasteiger partial charge is 0.261 e. The van der Waals surface area contributed by atoms with Crippen molar-refractivity contribution >= 4 is 27.7 Å². The van der Waals surface area contributed by atoms with Gasteiger partial charge >= 0.3 is 0 Å². The molecule has 0 unspecified atom stereocenters. The van der Waals surface area contributed by atoms with Gasteiger partial charge in [-0.25, -0.2) is 0 Å². The lowest BCUT2D eigenvalue weighted by Gasteiger charge is -2.30. The van der Waals surface area contributed by atoms with Crippen LogP contribution in [0.5, 0.6) is 11.5 Å². The molecule has 180 valence electrons. The Morgan fingerprint density at radius 2 is 1.79 bits per heavy atom. The molecule has 0 spiro atoms. The fraction of sp³-hybridized carbons (Fsp3) is 0.462. The average Bonchev–Trinajstić information content (AvgIpc) is 2.81. The van der Waals surface area contributed by atoms with Crippen molar-refractivity contribution in [2.75, 3.05) is 20.3 Å². The normalized spacial score (nSPS) is 11.6. The lowest BCUT2D eigenvalue weighted by Crippen LogP contribution is -2.50. The SMILES string of the molecule is CCCCNC(=O)[C@@H](CC)N(Cc1cccc(OC)c1)C(=O)COc1cc(C)c(Br)c(C)c1. The minimum Gasteiger partial charge on any atom is -0.497 e. The first-order chi connectivity index (χ1) is 15.8. The number of aryl methyl sites for hydroxylation is 2. The summed E-state index contributed by atoms with van der Waals surface area (Å²) in [6, 6.07) is 10.7. The van der Waals surface area contributed by atoms with Crippen LogP contribution in [-0.4, -0.2) is 43.0 Å². The summed E-state index contributed by atoms with van der Waals surface area (Å²) in [4.78, 5) is 27.9. The largest absolute Gasteiger partial charge is 0.497 e. The lowest BCUT2D eigenvalue weighted by molar-refractivity contribution is -0.143. The van der Waals surface area contributed by atoms with E-state index in [1.807, 2.05) is 57.2 Å². The van der Waals surface area contributed by atoms with Gasteiger partial charge in [-0.05, 0) is 67.6 Å². The van der Waals surface area contributed by atoms with Gasteiger partial charge in [0.1, 0.15) is 17.5 Å². The molecule has 0 saturated carbocycles. The Hall–Kier alpha value is -2.54. The number of benzene rings is 2. The van der Waals surface area contributed by atoms with E-state index in [0.29, 0.717) is 24.5 Å². The van der Waals surface area contributed by atoms with Crippen molar-refractivity contribution in [2.45, 2.75) is 59.5 Å². The summed E-state index contributed by atoms with van der Waals surface area (Å²) in [6.07, 6.45) is 2.39. The molecular formula is C26H35BrN2O4. The van der Waals surface area contributed by atoms with E-state index >= 15 is 0 Å². The number of ether oxygens (including phenoxy) is 2. The van der Waals surface area contributed by atoms with Gasteiger partial charge < -0.3 is 19.7 Å². The number of hydrogen-bond acceptors (Lipinski definition) is 4. The number of carbonyl (C=O) groups excluding carboxylic acids is 2. The highest BCUT2D eigenvalue weighted by molar-refractivity contribution is 9.10. The molecule has 0 aliphatic rings. The number of amides is 2. The maximum atomic E-state index is 13.3. The highest BCUT2D eigenvalue weighted by atomic mass is 79.9. The molecule has 2 aromatic carbocycles. The van der Waals surface area contributed by atoms with E-state index in [0.717, 1.165) is 34.0 Å². The second-order valence-electron chi connectivity index (χ2n) is 8.10. The third-order valence-electron chi connectivity index (χ3n) is 5.47. The van der Waals surface area contributed by atoms with Gasteiger partial charge in [0.25, 0.3) is 5.91 Å². The zero-order valence-electron chi connectivity index (χ0n) is 20.2. The van der Waals surface area contributed by atoms with Gasteiger partial charge in [-0.3, -0.25) is 9.59 Å². The van der Waals surface area contributed by atoms with E-state index < -0.39 is 6.04 Å². The van der Waals surface area contributed by atoms with E-state index in [9.17, 15) is 9.59 Å². The van der Waals surface area contributed by atoms with E-state index in [-0.39, 0.29) is 25.0 Å². The fourth-order valence-electron chi connectivity index (χ4n) is 3.61. The van der Waals surface area contributed by atoms with Crippen LogP contribution in [0.3, 0.4) is 0 Å². The van der Waals surface area contributed by atoms with E-state index in [2.05, 4.69) is 28.2 Å². The molecule has 33 heavy (non-hydrogen) atoms. The molecule has 0 aromatic heterocycles. The molecule has 1 N–H and O–H groups in total. The first-order valence-electron chi connectivity index (χ1n) is 11.4. The van der Waals surface area contributed by atoms with Gasteiger partial charge in [-0.15, -0.1) is 0 Å². The summed E-state index contributed by atoms with van der Waals surface area (Å²) in [6.45, 7) is 8.69. The van der Waals surface area contributed by atoms with Crippen molar-refractivity contribution in [3.05, 3.63) is 57.6 Å². The van der Waals surface area contributed by atoms with Gasteiger partial charge in [0.2, 0.25) is 5.91 Å². The maximum Gasteiger partial charge on any atom is 0.261 e. The van der Waals surface area contributed by atoms with Crippen LogP contribution in [-0.2, 0) is 16.1 Å². The third-order valence-corrected chi connectivity index (χ3v) is 6.73. The van der Waals surface area contributed by atoms with Crippen LogP contribution in [0.25, 0.3) is 0 Å². The molecule has 0 aliphatic carbocycles. The molecule has 2 rings (SSSR count). The van der Waals surface area contributed by atoms with Gasteiger partial charge in [0, 0.05) is 17.6 Å². The molecule has 0 bridgehead atoms. The van der Waals surface area contributed by atoms with Crippen LogP contribution >= 0.6 is 15.9 Å². The molecule has 7 heteroatoms. The molecule has 0 aliphatic heterocycles. The van der Waals surface area contributed by atoms with Crippen LogP contribution in [0.15, 0.2) is 40.9 Å². The minimum absolute atomic E-state index is 0.141. The van der Waals surface area contributed by atoms with Gasteiger partial charge in [-0.2, -0.15) is 0 Å². The Kier molecular flexibility index (Phi) is 10.7. The molecule has 2 amide bonds. The average molecular weight is 519 g/mol. The number of nitrogens with zero attached hydrogens (tertiary/aromatic N) is 1. The topological polar surface area (TPSA) is 67.9 Å². The quantitative estimate of drug-likeness (QED) is 0.393. The van der Waals surface area contributed by atoms with Crippen molar-refractivity contribution in [1.82, 2.24) is 10.2 Å². The number of halogens is 1. The van der Waals surface area contributed by atoms with Crippen LogP contribution in [0.2, 0.25) is 0 Å². The van der Waals surface area contributed by atoms with Gasteiger partial charge in [0.15, 0.2) is 6.61 Å². The Labute approximate surface area is 205 Å². The van der Waals surface area contributed by atoms with Crippen LogP contribution in [0, 0.1) is 13.8 Å². The summed E-state index contributed by atoms with van der Waals surface area (Å²) in [5.41, 5.74) is 2.96. The number of rotatable bonds is 12. The summed E-state index contributed by atoms with van der Waals surface area (Å²) >= 11 is 3.55. The summed E-state index contributed by atoms with van der Waals surface area (Å²) in [7, 11) is 1.61. The van der Waals surface area contributed by atoms with E-state index in [1.54, 1.807) is 12.0 Å².